The lowest BCUT2D eigenvalue weighted by molar-refractivity contribution is 0.1000. The number of rotatable bonds is 6. The number of nitrogens with one attached hydrogen (secondary N) is 1. The molecule has 1 aliphatic heterocycles. The van der Waals surface area contributed by atoms with Gasteiger partial charge in [0.2, 0.25) is 0 Å². The average molecular weight is 429 g/mol. The number of thioether (sulfide) groups is 1. The van der Waals surface area contributed by atoms with Crippen molar-refractivity contribution < 1.29 is 13.9 Å². The second-order valence-electron chi connectivity index (χ2n) is 7.12. The number of nitrogens with zero attached hydrogens (tertiary/aromatic N) is 1. The molecule has 0 atom stereocenters. The summed E-state index contributed by atoms with van der Waals surface area (Å²) in [7, 11) is 0. The molecule has 1 saturated heterocycles. The van der Waals surface area contributed by atoms with E-state index in [0.29, 0.717) is 21.6 Å². The van der Waals surface area contributed by atoms with E-state index < -0.39 is 0 Å². The first-order valence-electron chi connectivity index (χ1n) is 9.72. The molecule has 0 unspecified atom stereocenters. The second-order valence-corrected chi connectivity index (χ2v) is 9.41. The van der Waals surface area contributed by atoms with E-state index >= 15 is 0 Å². The van der Waals surface area contributed by atoms with Crippen molar-refractivity contribution in [1.29, 1.82) is 0 Å². The molecule has 0 bridgehead atoms. The molecule has 29 heavy (non-hydrogen) atoms. The predicted molar refractivity (Wildman–Crippen MR) is 119 cm³/mol. The zero-order valence-corrected chi connectivity index (χ0v) is 18.2. The molecule has 2 aromatic heterocycles. The first-order valence-corrected chi connectivity index (χ1v) is 11.6. The third-order valence-corrected chi connectivity index (χ3v) is 7.41. The van der Waals surface area contributed by atoms with Crippen LogP contribution >= 0.6 is 23.1 Å². The molecule has 1 N–H and O–H groups in total. The highest BCUT2D eigenvalue weighted by Crippen LogP contribution is 2.30. The number of amides is 1. The number of hydrogen-bond donors (Lipinski definition) is 1. The summed E-state index contributed by atoms with van der Waals surface area (Å²) < 4.78 is 11.1. The summed E-state index contributed by atoms with van der Waals surface area (Å²) in [6.07, 6.45) is 2.23. The Bertz CT molecular complexity index is 990. The number of anilines is 1. The van der Waals surface area contributed by atoms with Gasteiger partial charge >= 0.3 is 0 Å². The van der Waals surface area contributed by atoms with E-state index in [1.54, 1.807) is 0 Å². The molecular weight excluding hydrogens is 404 g/mol. The molecule has 5 nitrogen and oxygen atoms in total. The van der Waals surface area contributed by atoms with Crippen LogP contribution in [0, 0.1) is 13.8 Å². The molecule has 7 heteroatoms. The molecule has 1 aliphatic rings. The first-order chi connectivity index (χ1) is 14.1. The van der Waals surface area contributed by atoms with E-state index in [0.717, 1.165) is 48.3 Å². The van der Waals surface area contributed by atoms with E-state index in [1.807, 2.05) is 49.9 Å². The van der Waals surface area contributed by atoms with Crippen LogP contribution in [0.4, 0.5) is 5.69 Å². The number of furan rings is 1. The standard InChI is InChI=1S/C22H24N2O3S2/c1-14-6-7-19(27-14)22-23-15(2)20(29-22)21(25)24-17-5-3-4-16(12-17)13-28-18-8-10-26-11-9-18/h3-7,12,18H,8-11,13H2,1-2H3,(H,24,25). The Balaban J connectivity index is 1.41. The normalized spacial score (nSPS) is 14.8. The van der Waals surface area contributed by atoms with Gasteiger partial charge < -0.3 is 14.5 Å². The highest BCUT2D eigenvalue weighted by Gasteiger charge is 2.18. The van der Waals surface area contributed by atoms with Crippen molar-refractivity contribution in [2.24, 2.45) is 0 Å². The van der Waals surface area contributed by atoms with Crippen LogP contribution in [-0.2, 0) is 10.5 Å². The van der Waals surface area contributed by atoms with E-state index in [2.05, 4.69) is 22.4 Å². The molecule has 0 radical (unpaired) electrons. The molecule has 3 aromatic rings. The van der Waals surface area contributed by atoms with Gasteiger partial charge in [0, 0.05) is 29.9 Å². The van der Waals surface area contributed by atoms with Gasteiger partial charge in [0.25, 0.3) is 5.91 Å². The third-order valence-electron chi connectivity index (χ3n) is 4.79. The maximum Gasteiger partial charge on any atom is 0.267 e. The smallest absolute Gasteiger partial charge is 0.267 e. The average Bonchev–Trinajstić information content (AvgIpc) is 3.33. The summed E-state index contributed by atoms with van der Waals surface area (Å²) in [6.45, 7) is 5.47. The van der Waals surface area contributed by atoms with E-state index in [4.69, 9.17) is 9.15 Å². The lowest BCUT2D eigenvalue weighted by Crippen LogP contribution is -2.17. The lowest BCUT2D eigenvalue weighted by atomic mass is 10.2. The van der Waals surface area contributed by atoms with Gasteiger partial charge in [-0.15, -0.1) is 11.3 Å². The number of carbonyl (C=O) groups excluding carboxylic acids is 1. The number of aryl methyl sites for hydroxylation is 2. The summed E-state index contributed by atoms with van der Waals surface area (Å²) in [6, 6.07) is 11.9. The van der Waals surface area contributed by atoms with Gasteiger partial charge in [0.1, 0.15) is 10.6 Å². The monoisotopic (exact) mass is 428 g/mol. The van der Waals surface area contributed by atoms with Crippen molar-refractivity contribution in [2.75, 3.05) is 18.5 Å². The molecule has 1 fully saturated rings. The largest absolute Gasteiger partial charge is 0.459 e. The second kappa shape index (κ2) is 9.15. The third kappa shape index (κ3) is 5.10. The number of aromatic nitrogens is 1. The summed E-state index contributed by atoms with van der Waals surface area (Å²) in [5, 5.41) is 4.40. The van der Waals surface area contributed by atoms with Crippen LogP contribution in [0.15, 0.2) is 40.8 Å². The topological polar surface area (TPSA) is 64.4 Å². The summed E-state index contributed by atoms with van der Waals surface area (Å²) in [4.78, 5) is 17.9. The maximum atomic E-state index is 12.8. The minimum atomic E-state index is -0.135. The van der Waals surface area contributed by atoms with Crippen molar-refractivity contribution in [3.63, 3.8) is 0 Å². The van der Waals surface area contributed by atoms with Crippen LogP contribution < -0.4 is 5.32 Å². The Labute approximate surface area is 178 Å². The maximum absolute atomic E-state index is 12.8. The predicted octanol–water partition coefficient (Wildman–Crippen LogP) is 5.68. The molecule has 3 heterocycles. The molecule has 0 saturated carbocycles. The Kier molecular flexibility index (Phi) is 6.37. The van der Waals surface area contributed by atoms with Crippen molar-refractivity contribution in [3.8, 4) is 10.8 Å². The number of carbonyl (C=O) groups is 1. The Morgan fingerprint density at radius 1 is 1.24 bits per heavy atom. The highest BCUT2D eigenvalue weighted by molar-refractivity contribution is 7.99. The Hall–Kier alpha value is -2.09. The lowest BCUT2D eigenvalue weighted by Gasteiger charge is -2.21. The minimum Gasteiger partial charge on any atom is -0.459 e. The Morgan fingerprint density at radius 2 is 2.07 bits per heavy atom. The first kappa shape index (κ1) is 20.2. The van der Waals surface area contributed by atoms with Crippen LogP contribution in [0.1, 0.15) is 39.5 Å². The number of benzene rings is 1. The van der Waals surface area contributed by atoms with Crippen molar-refractivity contribution >= 4 is 34.7 Å². The fraction of sp³-hybridized carbons (Fsp3) is 0.364. The zero-order valence-electron chi connectivity index (χ0n) is 16.6. The van der Waals surface area contributed by atoms with Gasteiger partial charge in [-0.1, -0.05) is 12.1 Å². The fourth-order valence-electron chi connectivity index (χ4n) is 3.25. The zero-order chi connectivity index (χ0) is 20.2. The molecular formula is C22H24N2O3S2. The molecule has 1 aromatic carbocycles. The molecule has 152 valence electrons. The van der Waals surface area contributed by atoms with Gasteiger partial charge in [-0.2, -0.15) is 11.8 Å². The highest BCUT2D eigenvalue weighted by atomic mass is 32.2. The van der Waals surface area contributed by atoms with Gasteiger partial charge in [0.05, 0.1) is 5.69 Å². The van der Waals surface area contributed by atoms with Crippen molar-refractivity contribution in [1.82, 2.24) is 4.98 Å². The molecule has 4 rings (SSSR count). The van der Waals surface area contributed by atoms with Gasteiger partial charge in [-0.05, 0) is 56.5 Å². The van der Waals surface area contributed by atoms with E-state index in [9.17, 15) is 4.79 Å². The summed E-state index contributed by atoms with van der Waals surface area (Å²) in [5.74, 6) is 2.33. The van der Waals surface area contributed by atoms with Crippen LogP contribution in [-0.4, -0.2) is 29.4 Å². The van der Waals surface area contributed by atoms with Gasteiger partial charge in [0.15, 0.2) is 10.8 Å². The van der Waals surface area contributed by atoms with Crippen LogP contribution in [0.2, 0.25) is 0 Å². The summed E-state index contributed by atoms with van der Waals surface area (Å²) >= 11 is 3.32. The molecule has 0 spiro atoms. The fourth-order valence-corrected chi connectivity index (χ4v) is 5.30. The van der Waals surface area contributed by atoms with Gasteiger partial charge in [-0.3, -0.25) is 4.79 Å². The quantitative estimate of drug-likeness (QED) is 0.547. The van der Waals surface area contributed by atoms with Crippen molar-refractivity contribution in [2.45, 2.75) is 37.7 Å². The Morgan fingerprint density at radius 3 is 2.83 bits per heavy atom. The van der Waals surface area contributed by atoms with Gasteiger partial charge in [-0.25, -0.2) is 4.98 Å². The van der Waals surface area contributed by atoms with E-state index in [1.165, 1.54) is 16.9 Å². The van der Waals surface area contributed by atoms with Crippen LogP contribution in [0.25, 0.3) is 10.8 Å². The molecule has 0 aliphatic carbocycles. The molecule has 1 amide bonds. The van der Waals surface area contributed by atoms with E-state index in [-0.39, 0.29) is 5.91 Å². The number of thiazole rings is 1. The number of ether oxygens (including phenoxy) is 1. The summed E-state index contributed by atoms with van der Waals surface area (Å²) in [5.41, 5.74) is 2.73. The SMILES string of the molecule is Cc1ccc(-c2nc(C)c(C(=O)Nc3cccc(CSC4CCOCC4)c3)s2)o1. The minimum absolute atomic E-state index is 0.135. The van der Waals surface area contributed by atoms with Crippen molar-refractivity contribution in [3.05, 3.63) is 58.3 Å². The number of hydrogen-bond acceptors (Lipinski definition) is 6. The van der Waals surface area contributed by atoms with Crippen LogP contribution in [0.3, 0.4) is 0 Å². The van der Waals surface area contributed by atoms with Crippen LogP contribution in [0.5, 0.6) is 0 Å².